The van der Waals surface area contributed by atoms with Gasteiger partial charge in [0.1, 0.15) is 0 Å². The van der Waals surface area contributed by atoms with Gasteiger partial charge in [-0.3, -0.25) is 0 Å². The zero-order valence-corrected chi connectivity index (χ0v) is 14.2. The number of fused-ring (bicyclic) bond motifs is 2. The molecule has 0 radical (unpaired) electrons. The molecule has 0 heterocycles. The van der Waals surface area contributed by atoms with Crippen LogP contribution in [0.25, 0.3) is 0 Å². The van der Waals surface area contributed by atoms with E-state index in [1.54, 1.807) is 64.2 Å². The van der Waals surface area contributed by atoms with Crippen molar-refractivity contribution in [1.29, 1.82) is 0 Å². The fraction of sp³-hybridized carbons (Fsp3) is 1.00. The van der Waals surface area contributed by atoms with E-state index in [1.165, 1.54) is 12.3 Å². The third-order valence-corrected chi connectivity index (χ3v) is 9.70. The summed E-state index contributed by atoms with van der Waals surface area (Å²) in [5.41, 5.74) is 1.61. The molecule has 118 valence electrons. The van der Waals surface area contributed by atoms with Crippen LogP contribution in [-0.2, 0) is 0 Å². The summed E-state index contributed by atoms with van der Waals surface area (Å²) in [4.78, 5) is 0. The molecule has 0 bridgehead atoms. The predicted molar refractivity (Wildman–Crippen MR) is 87.9 cm³/mol. The van der Waals surface area contributed by atoms with Gasteiger partial charge in [-0.15, -0.1) is 0 Å². The van der Waals surface area contributed by atoms with Crippen molar-refractivity contribution in [3.63, 3.8) is 0 Å². The van der Waals surface area contributed by atoms with E-state index in [0.717, 1.165) is 40.4 Å². The Labute approximate surface area is 131 Å². The van der Waals surface area contributed by atoms with Crippen LogP contribution in [0.3, 0.4) is 0 Å². The summed E-state index contributed by atoms with van der Waals surface area (Å²) in [7, 11) is 0. The normalized spacial score (nSPS) is 61.4. The van der Waals surface area contributed by atoms with Crippen LogP contribution in [0.4, 0.5) is 0 Å². The Kier molecular flexibility index (Phi) is 2.75. The van der Waals surface area contributed by atoms with Crippen molar-refractivity contribution in [3.8, 4) is 0 Å². The summed E-state index contributed by atoms with van der Waals surface area (Å²) in [6, 6.07) is 0. The molecule has 5 aliphatic carbocycles. The molecule has 0 aromatic heterocycles. The molecule has 0 aliphatic heterocycles. The average molecular weight is 287 g/mol. The van der Waals surface area contributed by atoms with Gasteiger partial charge >= 0.3 is 0 Å². The highest BCUT2D eigenvalue weighted by atomic mass is 14.7. The van der Waals surface area contributed by atoms with Crippen LogP contribution >= 0.6 is 0 Å². The van der Waals surface area contributed by atoms with Gasteiger partial charge in [-0.1, -0.05) is 33.1 Å². The summed E-state index contributed by atoms with van der Waals surface area (Å²) in [6.45, 7) is 5.18. The molecule has 0 saturated heterocycles. The van der Waals surface area contributed by atoms with Crippen molar-refractivity contribution in [2.24, 2.45) is 46.3 Å². The molecule has 0 heteroatoms. The average Bonchev–Trinajstić information content (AvgIpc) is 2.81. The van der Waals surface area contributed by atoms with E-state index < -0.39 is 0 Å². The summed E-state index contributed by atoms with van der Waals surface area (Å²) in [6.07, 6.45) is 17.4. The highest BCUT2D eigenvalue weighted by Gasteiger charge is 2.68. The van der Waals surface area contributed by atoms with Crippen molar-refractivity contribution >= 4 is 0 Å². The van der Waals surface area contributed by atoms with Gasteiger partial charge in [0, 0.05) is 0 Å². The maximum atomic E-state index is 2.72. The molecule has 5 rings (SSSR count). The van der Waals surface area contributed by atoms with Crippen molar-refractivity contribution in [3.05, 3.63) is 0 Å². The first-order valence-corrected chi connectivity index (χ1v) is 10.2. The van der Waals surface area contributed by atoms with E-state index in [0.29, 0.717) is 0 Å². The Hall–Kier alpha value is 0. The highest BCUT2D eigenvalue weighted by Crippen LogP contribution is 2.76. The number of hydrogen-bond donors (Lipinski definition) is 0. The van der Waals surface area contributed by atoms with Crippen molar-refractivity contribution in [2.75, 3.05) is 0 Å². The van der Waals surface area contributed by atoms with Gasteiger partial charge in [-0.2, -0.15) is 0 Å². The molecule has 5 saturated carbocycles. The van der Waals surface area contributed by atoms with E-state index in [-0.39, 0.29) is 0 Å². The molecule has 1 spiro atoms. The van der Waals surface area contributed by atoms with Gasteiger partial charge < -0.3 is 0 Å². The van der Waals surface area contributed by atoms with Crippen LogP contribution < -0.4 is 0 Å². The highest BCUT2D eigenvalue weighted by molar-refractivity contribution is 5.17. The lowest BCUT2D eigenvalue weighted by molar-refractivity contribution is -0.230. The van der Waals surface area contributed by atoms with Crippen molar-refractivity contribution in [2.45, 2.75) is 84.5 Å². The van der Waals surface area contributed by atoms with Gasteiger partial charge in [-0.05, 0) is 97.7 Å². The lowest BCUT2D eigenvalue weighted by Crippen LogP contribution is -2.64. The molecule has 5 fully saturated rings. The second-order valence-corrected chi connectivity index (χ2v) is 9.91. The Morgan fingerprint density at radius 3 is 2.71 bits per heavy atom. The van der Waals surface area contributed by atoms with Crippen LogP contribution in [0, 0.1) is 46.3 Å². The van der Waals surface area contributed by atoms with Gasteiger partial charge in [0.25, 0.3) is 0 Å². The van der Waals surface area contributed by atoms with Crippen LogP contribution in [-0.4, -0.2) is 0 Å². The standard InChI is InChI=1S/C21H34/c1-3-15-8-10-18-17-9-7-16-6-4-5-11-21(16)13-14(19(17)21)12-20(15,18)2/h14-19H,3-13H2,1-2H3/t14-,15+,16?,17+,18+,19+,20-,21-/m1/s1. The minimum atomic E-state index is 0.740. The number of rotatable bonds is 1. The molecular formula is C21H34. The lowest BCUT2D eigenvalue weighted by atomic mass is 9.33. The third kappa shape index (κ3) is 1.49. The van der Waals surface area contributed by atoms with Gasteiger partial charge in [0.15, 0.2) is 0 Å². The second kappa shape index (κ2) is 4.30. The molecule has 1 unspecified atom stereocenters. The maximum absolute atomic E-state index is 2.72. The molecular weight excluding hydrogens is 252 g/mol. The number of hydrogen-bond acceptors (Lipinski definition) is 0. The molecule has 0 aromatic carbocycles. The Morgan fingerprint density at radius 2 is 1.86 bits per heavy atom. The van der Waals surface area contributed by atoms with Crippen molar-refractivity contribution in [1.82, 2.24) is 0 Å². The lowest BCUT2D eigenvalue weighted by Gasteiger charge is -2.72. The first-order chi connectivity index (χ1) is 10.2. The Bertz CT molecular complexity index is 439. The zero-order valence-electron chi connectivity index (χ0n) is 14.2. The maximum Gasteiger partial charge on any atom is -0.0233 e. The van der Waals surface area contributed by atoms with Crippen molar-refractivity contribution < 1.29 is 0 Å². The van der Waals surface area contributed by atoms with E-state index in [4.69, 9.17) is 0 Å². The van der Waals surface area contributed by atoms with Crippen LogP contribution in [0.2, 0.25) is 0 Å². The van der Waals surface area contributed by atoms with E-state index in [9.17, 15) is 0 Å². The fourth-order valence-corrected chi connectivity index (χ4v) is 9.14. The molecule has 5 aliphatic rings. The largest absolute Gasteiger partial charge is 0.0651 e. The molecule has 0 amide bonds. The van der Waals surface area contributed by atoms with E-state index >= 15 is 0 Å². The third-order valence-electron chi connectivity index (χ3n) is 9.70. The summed E-state index contributed by atoms with van der Waals surface area (Å²) in [5.74, 6) is 6.80. The SMILES string of the molecule is CC[C@H]1CC[C@H]2[C@@H]3CCC4CCCC[C@@]45C[C@@H](C[C@]12C)[C@@H]35. The first kappa shape index (κ1) is 13.4. The Balaban J connectivity index is 1.50. The van der Waals surface area contributed by atoms with Gasteiger partial charge in [0.05, 0.1) is 0 Å². The first-order valence-electron chi connectivity index (χ1n) is 10.2. The van der Waals surface area contributed by atoms with Crippen LogP contribution in [0.5, 0.6) is 0 Å². The molecule has 0 nitrogen and oxygen atoms in total. The molecule has 8 atom stereocenters. The smallest absolute Gasteiger partial charge is 0.0233 e. The minimum absolute atomic E-state index is 0.740. The van der Waals surface area contributed by atoms with Gasteiger partial charge in [0.2, 0.25) is 0 Å². The Morgan fingerprint density at radius 1 is 0.952 bits per heavy atom. The fourth-order valence-electron chi connectivity index (χ4n) is 9.14. The summed E-state index contributed by atoms with van der Waals surface area (Å²) < 4.78 is 0. The van der Waals surface area contributed by atoms with Crippen LogP contribution in [0.15, 0.2) is 0 Å². The molecule has 0 aromatic rings. The molecule has 21 heavy (non-hydrogen) atoms. The topological polar surface area (TPSA) is 0 Å². The summed E-state index contributed by atoms with van der Waals surface area (Å²) >= 11 is 0. The monoisotopic (exact) mass is 286 g/mol. The van der Waals surface area contributed by atoms with E-state index in [1.807, 2.05) is 0 Å². The predicted octanol–water partition coefficient (Wildman–Crippen LogP) is 6.06. The molecule has 0 N–H and O–H groups in total. The van der Waals surface area contributed by atoms with Crippen LogP contribution in [0.1, 0.15) is 84.5 Å². The quantitative estimate of drug-likeness (QED) is 0.550. The second-order valence-electron chi connectivity index (χ2n) is 9.91. The summed E-state index contributed by atoms with van der Waals surface area (Å²) in [5, 5.41) is 0. The van der Waals surface area contributed by atoms with Gasteiger partial charge in [-0.25, -0.2) is 0 Å². The van der Waals surface area contributed by atoms with E-state index in [2.05, 4.69) is 13.8 Å². The minimum Gasteiger partial charge on any atom is -0.0651 e. The zero-order chi connectivity index (χ0) is 14.2.